The van der Waals surface area contributed by atoms with Crippen molar-refractivity contribution in [3.63, 3.8) is 0 Å². The van der Waals surface area contributed by atoms with E-state index in [4.69, 9.17) is 5.73 Å². The van der Waals surface area contributed by atoms with E-state index >= 15 is 0 Å². The van der Waals surface area contributed by atoms with E-state index in [9.17, 15) is 8.78 Å². The monoisotopic (exact) mass is 404 g/mol. The fourth-order valence-electron chi connectivity index (χ4n) is 2.83. The predicted molar refractivity (Wildman–Crippen MR) is 115 cm³/mol. The van der Waals surface area contributed by atoms with E-state index in [0.29, 0.717) is 11.5 Å². The Morgan fingerprint density at radius 3 is 1.93 bits per heavy atom. The number of rotatable bonds is 6. The summed E-state index contributed by atoms with van der Waals surface area (Å²) in [6, 6.07) is 22.8. The van der Waals surface area contributed by atoms with E-state index in [-0.39, 0.29) is 11.5 Å². The third-order valence-corrected chi connectivity index (χ3v) is 4.31. The molecule has 0 amide bonds. The molecule has 30 heavy (non-hydrogen) atoms. The molecule has 150 valence electrons. The zero-order valence-electron chi connectivity index (χ0n) is 15.8. The van der Waals surface area contributed by atoms with Gasteiger partial charge in [0.05, 0.1) is 11.4 Å². The number of nitrogens with two attached hydrogens (primary N) is 1. The molecule has 8 heteroatoms. The molecule has 3 aromatic carbocycles. The number of anilines is 6. The Bertz CT molecular complexity index is 1100. The fraction of sp³-hybridized carbons (Fsp3) is 0. The first-order chi connectivity index (χ1) is 14.6. The highest BCUT2D eigenvalue weighted by Gasteiger charge is 2.15. The van der Waals surface area contributed by atoms with Gasteiger partial charge in [-0.15, -0.1) is 0 Å². The summed E-state index contributed by atoms with van der Waals surface area (Å²) in [7, 11) is 0. The van der Waals surface area contributed by atoms with Crippen molar-refractivity contribution in [3.05, 3.63) is 96.8 Å². The van der Waals surface area contributed by atoms with Gasteiger partial charge in [-0.25, -0.2) is 18.7 Å². The second-order valence-corrected chi connectivity index (χ2v) is 6.36. The van der Waals surface area contributed by atoms with Gasteiger partial charge in [-0.2, -0.15) is 0 Å². The lowest BCUT2D eigenvalue weighted by Crippen LogP contribution is -2.26. The molecular weight excluding hydrogens is 386 g/mol. The third kappa shape index (κ3) is 4.12. The van der Waals surface area contributed by atoms with Crippen LogP contribution in [0.4, 0.5) is 43.2 Å². The maximum absolute atomic E-state index is 13.5. The number of halogens is 2. The number of benzene rings is 3. The van der Waals surface area contributed by atoms with Crippen molar-refractivity contribution in [1.82, 2.24) is 9.97 Å². The van der Waals surface area contributed by atoms with Crippen LogP contribution in [-0.4, -0.2) is 9.97 Å². The smallest absolute Gasteiger partial charge is 0.173 e. The molecule has 0 radical (unpaired) electrons. The van der Waals surface area contributed by atoms with Gasteiger partial charge >= 0.3 is 0 Å². The summed E-state index contributed by atoms with van der Waals surface area (Å²) in [5.41, 5.74) is 11.7. The van der Waals surface area contributed by atoms with Crippen LogP contribution in [0.1, 0.15) is 0 Å². The lowest BCUT2D eigenvalue weighted by atomic mass is 10.2. The van der Waals surface area contributed by atoms with Crippen LogP contribution in [0.2, 0.25) is 0 Å². The first kappa shape index (κ1) is 19.1. The first-order valence-corrected chi connectivity index (χ1v) is 9.11. The Morgan fingerprint density at radius 1 is 0.733 bits per heavy atom. The molecule has 0 aliphatic heterocycles. The number of hydrazine groups is 1. The minimum absolute atomic E-state index is 0.221. The lowest BCUT2D eigenvalue weighted by molar-refractivity contribution is 0.509. The third-order valence-electron chi connectivity index (χ3n) is 4.31. The van der Waals surface area contributed by atoms with E-state index in [1.807, 2.05) is 65.7 Å². The van der Waals surface area contributed by atoms with Gasteiger partial charge in [-0.1, -0.05) is 36.4 Å². The fourth-order valence-corrected chi connectivity index (χ4v) is 2.83. The second-order valence-electron chi connectivity index (χ2n) is 6.36. The Labute approximate surface area is 172 Å². The molecule has 0 saturated heterocycles. The zero-order chi connectivity index (χ0) is 20.9. The van der Waals surface area contributed by atoms with Crippen LogP contribution in [0.25, 0.3) is 0 Å². The summed E-state index contributed by atoms with van der Waals surface area (Å²) in [6.45, 7) is 0. The van der Waals surface area contributed by atoms with Crippen molar-refractivity contribution in [2.45, 2.75) is 0 Å². The molecule has 0 spiro atoms. The van der Waals surface area contributed by atoms with Gasteiger partial charge < -0.3 is 11.1 Å². The van der Waals surface area contributed by atoms with Crippen molar-refractivity contribution >= 4 is 34.4 Å². The molecule has 1 heterocycles. The minimum Gasteiger partial charge on any atom is -0.393 e. The van der Waals surface area contributed by atoms with Gasteiger partial charge in [-0.3, -0.25) is 10.4 Å². The molecule has 0 fully saturated rings. The Kier molecular flexibility index (Phi) is 5.38. The van der Waals surface area contributed by atoms with Gasteiger partial charge in [0.15, 0.2) is 23.3 Å². The van der Waals surface area contributed by atoms with Crippen LogP contribution in [0, 0.1) is 11.6 Å². The number of nitrogens with one attached hydrogen (secondary N) is 2. The number of nitrogen functional groups attached to an aromatic ring is 1. The number of hydrogen-bond acceptors (Lipinski definition) is 6. The normalized spacial score (nSPS) is 10.5. The summed E-state index contributed by atoms with van der Waals surface area (Å²) in [5.74, 6) is -1.28. The van der Waals surface area contributed by atoms with E-state index in [1.54, 1.807) is 0 Å². The molecule has 0 saturated carbocycles. The first-order valence-electron chi connectivity index (χ1n) is 9.11. The predicted octanol–water partition coefficient (Wildman–Crippen LogP) is 5.25. The van der Waals surface area contributed by atoms with Crippen molar-refractivity contribution in [2.75, 3.05) is 21.5 Å². The molecule has 0 bridgehead atoms. The van der Waals surface area contributed by atoms with Gasteiger partial charge in [0.25, 0.3) is 0 Å². The maximum Gasteiger partial charge on any atom is 0.173 e. The average Bonchev–Trinajstić information content (AvgIpc) is 2.78. The van der Waals surface area contributed by atoms with Crippen LogP contribution in [0.15, 0.2) is 85.2 Å². The van der Waals surface area contributed by atoms with Gasteiger partial charge in [-0.05, 0) is 36.4 Å². The molecule has 0 aliphatic rings. The molecule has 4 N–H and O–H groups in total. The number of aromatic nitrogens is 2. The van der Waals surface area contributed by atoms with E-state index in [0.717, 1.165) is 23.5 Å². The maximum atomic E-state index is 13.5. The van der Waals surface area contributed by atoms with Gasteiger partial charge in [0.2, 0.25) is 0 Å². The quantitative estimate of drug-likeness (QED) is 0.381. The topological polar surface area (TPSA) is 79.1 Å². The summed E-state index contributed by atoms with van der Waals surface area (Å²) < 4.78 is 26.7. The molecule has 0 unspecified atom stereocenters. The number of hydrogen-bond donors (Lipinski definition) is 3. The van der Waals surface area contributed by atoms with Gasteiger partial charge in [0.1, 0.15) is 12.0 Å². The molecule has 4 aromatic rings. The Hall–Kier alpha value is -4.20. The van der Waals surface area contributed by atoms with Crippen LogP contribution >= 0.6 is 0 Å². The van der Waals surface area contributed by atoms with Crippen molar-refractivity contribution in [2.24, 2.45) is 0 Å². The molecule has 1 aromatic heterocycles. The molecule has 0 atom stereocenters. The van der Waals surface area contributed by atoms with Crippen LogP contribution < -0.4 is 21.5 Å². The molecular formula is C22H18F2N6. The molecule has 6 nitrogen and oxygen atoms in total. The van der Waals surface area contributed by atoms with Crippen molar-refractivity contribution in [3.8, 4) is 0 Å². The average molecular weight is 404 g/mol. The highest BCUT2D eigenvalue weighted by Crippen LogP contribution is 2.30. The highest BCUT2D eigenvalue weighted by molar-refractivity contribution is 5.80. The van der Waals surface area contributed by atoms with Crippen LogP contribution in [-0.2, 0) is 0 Å². The van der Waals surface area contributed by atoms with Crippen LogP contribution in [0.3, 0.4) is 0 Å². The summed E-state index contributed by atoms with van der Waals surface area (Å²) in [6.07, 6.45) is 1.33. The zero-order valence-corrected chi connectivity index (χ0v) is 15.8. The van der Waals surface area contributed by atoms with E-state index < -0.39 is 11.6 Å². The summed E-state index contributed by atoms with van der Waals surface area (Å²) in [4.78, 5) is 8.36. The minimum atomic E-state index is -0.967. The number of nitrogens with zero attached hydrogens (tertiary/aromatic N) is 3. The van der Waals surface area contributed by atoms with Crippen molar-refractivity contribution < 1.29 is 8.78 Å². The van der Waals surface area contributed by atoms with Gasteiger partial charge in [0, 0.05) is 11.8 Å². The Morgan fingerprint density at radius 2 is 1.33 bits per heavy atom. The summed E-state index contributed by atoms with van der Waals surface area (Å²) in [5, 5.41) is 4.73. The SMILES string of the molecule is Nc1c(Nc2ccc(F)c(F)c2)ncnc1NN(c1ccccc1)c1ccccc1. The molecule has 4 rings (SSSR count). The largest absolute Gasteiger partial charge is 0.393 e. The standard InChI is InChI=1S/C22H18F2N6/c23-18-12-11-15(13-19(18)24)28-21-20(25)22(27-14-26-21)29-30(16-7-3-1-4-8-16)17-9-5-2-6-10-17/h1-14H,25H2,(H2,26,27,28,29). The van der Waals surface area contributed by atoms with Crippen molar-refractivity contribution in [1.29, 1.82) is 0 Å². The molecule has 0 aliphatic carbocycles. The van der Waals surface area contributed by atoms with E-state index in [1.165, 1.54) is 12.4 Å². The van der Waals surface area contributed by atoms with Crippen LogP contribution in [0.5, 0.6) is 0 Å². The Balaban J connectivity index is 1.66. The second kappa shape index (κ2) is 8.44. The summed E-state index contributed by atoms with van der Waals surface area (Å²) >= 11 is 0. The van der Waals surface area contributed by atoms with E-state index in [2.05, 4.69) is 20.7 Å². The number of para-hydroxylation sites is 2. The lowest BCUT2D eigenvalue weighted by Gasteiger charge is -2.26. The highest BCUT2D eigenvalue weighted by atomic mass is 19.2.